The van der Waals surface area contributed by atoms with Gasteiger partial charge in [0, 0.05) is 18.4 Å². The van der Waals surface area contributed by atoms with Gasteiger partial charge in [-0.2, -0.15) is 0 Å². The molecule has 1 nitrogen and oxygen atoms in total. The Bertz CT molecular complexity index is 243. The van der Waals surface area contributed by atoms with Crippen molar-refractivity contribution in [2.75, 3.05) is 19.0 Å². The third-order valence-electron chi connectivity index (χ3n) is 2.10. The van der Waals surface area contributed by atoms with Crippen molar-refractivity contribution >= 4 is 15.9 Å². The van der Waals surface area contributed by atoms with Crippen LogP contribution in [0.5, 0.6) is 0 Å². The van der Waals surface area contributed by atoms with E-state index in [-0.39, 0.29) is 0 Å². The molecular formula is C11H15BrO. The van der Waals surface area contributed by atoms with Crippen molar-refractivity contribution in [3.63, 3.8) is 0 Å². The third-order valence-corrected chi connectivity index (χ3v) is 2.88. The molecule has 0 N–H and O–H groups in total. The monoisotopic (exact) mass is 242 g/mol. The molecule has 0 bridgehead atoms. The largest absolute Gasteiger partial charge is 0.384 e. The second kappa shape index (κ2) is 5.40. The van der Waals surface area contributed by atoms with Crippen LogP contribution in [0.25, 0.3) is 0 Å². The number of benzene rings is 1. The van der Waals surface area contributed by atoms with Crippen LogP contribution in [-0.4, -0.2) is 19.0 Å². The molecule has 0 heterocycles. The average Bonchev–Trinajstić information content (AvgIpc) is 2.16. The van der Waals surface area contributed by atoms with Gasteiger partial charge in [0.15, 0.2) is 0 Å². The Morgan fingerprint density at radius 1 is 1.31 bits per heavy atom. The molecular weight excluding hydrogens is 228 g/mol. The van der Waals surface area contributed by atoms with Gasteiger partial charge >= 0.3 is 0 Å². The molecule has 0 aliphatic rings. The molecule has 0 spiro atoms. The fraction of sp³-hybridized carbons (Fsp3) is 0.455. The maximum Gasteiger partial charge on any atom is 0.0539 e. The van der Waals surface area contributed by atoms with E-state index >= 15 is 0 Å². The normalized spacial score (nSPS) is 12.8. The summed E-state index contributed by atoms with van der Waals surface area (Å²) in [6, 6.07) is 8.61. The van der Waals surface area contributed by atoms with Crippen LogP contribution in [-0.2, 0) is 4.74 Å². The quantitative estimate of drug-likeness (QED) is 0.738. The molecule has 13 heavy (non-hydrogen) atoms. The lowest BCUT2D eigenvalue weighted by Crippen LogP contribution is -2.07. The average molecular weight is 243 g/mol. The number of rotatable bonds is 4. The molecule has 1 aromatic rings. The van der Waals surface area contributed by atoms with Crippen molar-refractivity contribution < 1.29 is 4.74 Å². The number of alkyl halides is 1. The van der Waals surface area contributed by atoms with Gasteiger partial charge in [-0.15, -0.1) is 0 Å². The zero-order valence-corrected chi connectivity index (χ0v) is 9.67. The summed E-state index contributed by atoms with van der Waals surface area (Å²) in [5.41, 5.74) is 2.64. The van der Waals surface area contributed by atoms with E-state index in [1.165, 1.54) is 11.1 Å². The highest BCUT2D eigenvalue weighted by Gasteiger charge is 2.08. The van der Waals surface area contributed by atoms with Crippen LogP contribution in [0, 0.1) is 6.92 Å². The summed E-state index contributed by atoms with van der Waals surface area (Å²) in [6.07, 6.45) is 0. The van der Waals surface area contributed by atoms with Crippen molar-refractivity contribution in [3.8, 4) is 0 Å². The first-order valence-electron chi connectivity index (χ1n) is 4.39. The Morgan fingerprint density at radius 2 is 1.92 bits per heavy atom. The van der Waals surface area contributed by atoms with Gasteiger partial charge < -0.3 is 4.74 Å². The van der Waals surface area contributed by atoms with Gasteiger partial charge in [-0.3, -0.25) is 0 Å². The Hall–Kier alpha value is -0.340. The van der Waals surface area contributed by atoms with E-state index in [0.717, 1.165) is 11.9 Å². The van der Waals surface area contributed by atoms with Crippen LogP contribution in [0.2, 0.25) is 0 Å². The van der Waals surface area contributed by atoms with Gasteiger partial charge in [0.1, 0.15) is 0 Å². The van der Waals surface area contributed by atoms with Crippen molar-refractivity contribution in [3.05, 3.63) is 35.4 Å². The van der Waals surface area contributed by atoms with Gasteiger partial charge in [0.05, 0.1) is 6.61 Å². The Kier molecular flexibility index (Phi) is 4.46. The van der Waals surface area contributed by atoms with E-state index < -0.39 is 0 Å². The molecule has 72 valence electrons. The van der Waals surface area contributed by atoms with Crippen LogP contribution in [0.4, 0.5) is 0 Å². The van der Waals surface area contributed by atoms with Crippen LogP contribution < -0.4 is 0 Å². The highest BCUT2D eigenvalue weighted by Crippen LogP contribution is 2.18. The molecule has 1 aromatic carbocycles. The van der Waals surface area contributed by atoms with Crippen molar-refractivity contribution in [2.24, 2.45) is 0 Å². The van der Waals surface area contributed by atoms with Crippen molar-refractivity contribution in [2.45, 2.75) is 12.8 Å². The lowest BCUT2D eigenvalue weighted by Gasteiger charge is -2.13. The molecule has 0 aromatic heterocycles. The van der Waals surface area contributed by atoms with Crippen LogP contribution in [0.3, 0.4) is 0 Å². The number of halogens is 1. The maximum atomic E-state index is 5.15. The summed E-state index contributed by atoms with van der Waals surface area (Å²) in [7, 11) is 1.74. The summed E-state index contributed by atoms with van der Waals surface area (Å²) >= 11 is 3.49. The summed E-state index contributed by atoms with van der Waals surface area (Å²) in [5.74, 6) is 0.464. The lowest BCUT2D eigenvalue weighted by atomic mass is 10.0. The first kappa shape index (κ1) is 10.7. The Morgan fingerprint density at radius 3 is 2.38 bits per heavy atom. The summed E-state index contributed by atoms with van der Waals surface area (Å²) < 4.78 is 5.15. The van der Waals surface area contributed by atoms with Gasteiger partial charge in [0.2, 0.25) is 0 Å². The van der Waals surface area contributed by atoms with Gasteiger partial charge in [0.25, 0.3) is 0 Å². The molecule has 1 unspecified atom stereocenters. The summed E-state index contributed by atoms with van der Waals surface area (Å²) in [4.78, 5) is 0. The standard InChI is InChI=1S/C11H15BrO/c1-9-3-5-10(6-4-9)11(7-12)8-13-2/h3-6,11H,7-8H2,1-2H3. The molecule has 0 radical (unpaired) electrons. The van der Waals surface area contributed by atoms with E-state index in [0.29, 0.717) is 5.92 Å². The van der Waals surface area contributed by atoms with Crippen molar-refractivity contribution in [1.29, 1.82) is 0 Å². The van der Waals surface area contributed by atoms with E-state index in [4.69, 9.17) is 4.74 Å². The number of hydrogen-bond donors (Lipinski definition) is 0. The second-order valence-corrected chi connectivity index (χ2v) is 3.86. The minimum atomic E-state index is 0.464. The molecule has 1 rings (SSSR count). The van der Waals surface area contributed by atoms with E-state index in [2.05, 4.69) is 47.1 Å². The van der Waals surface area contributed by atoms with Gasteiger partial charge in [-0.05, 0) is 12.5 Å². The topological polar surface area (TPSA) is 9.23 Å². The summed E-state index contributed by atoms with van der Waals surface area (Å²) in [5, 5.41) is 0.948. The predicted octanol–water partition coefficient (Wildman–Crippen LogP) is 3.12. The minimum Gasteiger partial charge on any atom is -0.384 e. The number of methoxy groups -OCH3 is 1. The Labute approximate surface area is 88.2 Å². The number of ether oxygens (including phenoxy) is 1. The fourth-order valence-electron chi connectivity index (χ4n) is 1.27. The molecule has 0 aliphatic heterocycles. The van der Waals surface area contributed by atoms with Crippen LogP contribution >= 0.6 is 15.9 Å². The molecule has 0 aliphatic carbocycles. The van der Waals surface area contributed by atoms with E-state index in [9.17, 15) is 0 Å². The highest BCUT2D eigenvalue weighted by molar-refractivity contribution is 9.09. The molecule has 0 saturated heterocycles. The third kappa shape index (κ3) is 3.12. The molecule has 0 saturated carbocycles. The maximum absolute atomic E-state index is 5.15. The van der Waals surface area contributed by atoms with E-state index in [1.807, 2.05) is 0 Å². The molecule has 0 fully saturated rings. The SMILES string of the molecule is COCC(CBr)c1ccc(C)cc1. The van der Waals surface area contributed by atoms with Gasteiger partial charge in [-0.1, -0.05) is 45.8 Å². The first-order valence-corrected chi connectivity index (χ1v) is 5.51. The molecule has 1 atom stereocenters. The first-order chi connectivity index (χ1) is 6.27. The molecule has 0 amide bonds. The zero-order valence-electron chi connectivity index (χ0n) is 8.09. The highest BCUT2D eigenvalue weighted by atomic mass is 79.9. The number of aryl methyl sites for hydroxylation is 1. The van der Waals surface area contributed by atoms with Crippen LogP contribution in [0.1, 0.15) is 17.0 Å². The fourth-order valence-corrected chi connectivity index (χ4v) is 1.83. The smallest absolute Gasteiger partial charge is 0.0539 e. The van der Waals surface area contributed by atoms with Crippen LogP contribution in [0.15, 0.2) is 24.3 Å². The zero-order chi connectivity index (χ0) is 9.68. The summed E-state index contributed by atoms with van der Waals surface area (Å²) in [6.45, 7) is 2.87. The molecule has 2 heteroatoms. The minimum absolute atomic E-state index is 0.464. The number of hydrogen-bond acceptors (Lipinski definition) is 1. The van der Waals surface area contributed by atoms with Crippen molar-refractivity contribution in [1.82, 2.24) is 0 Å². The van der Waals surface area contributed by atoms with E-state index in [1.54, 1.807) is 7.11 Å². The lowest BCUT2D eigenvalue weighted by molar-refractivity contribution is 0.186. The predicted molar refractivity (Wildman–Crippen MR) is 59.6 cm³/mol. The van der Waals surface area contributed by atoms with Gasteiger partial charge in [-0.25, -0.2) is 0 Å². The second-order valence-electron chi connectivity index (χ2n) is 3.22. The Balaban J connectivity index is 2.73.